The van der Waals surface area contributed by atoms with Crippen LogP contribution in [-0.4, -0.2) is 32.3 Å². The molecule has 0 aliphatic rings. The highest BCUT2D eigenvalue weighted by Crippen LogP contribution is 2.21. The molecular formula is C21H21BrClN5O2S. The Bertz CT molecular complexity index is 1090. The van der Waals surface area contributed by atoms with Gasteiger partial charge < -0.3 is 15.2 Å². The molecular weight excluding hydrogens is 502 g/mol. The minimum atomic E-state index is -0.216. The second-order valence-corrected chi connectivity index (χ2v) is 8.94. The molecule has 0 saturated heterocycles. The predicted molar refractivity (Wildman–Crippen MR) is 128 cm³/mol. The van der Waals surface area contributed by atoms with Crippen molar-refractivity contribution in [2.75, 3.05) is 16.4 Å². The van der Waals surface area contributed by atoms with Crippen LogP contribution < -0.4 is 10.6 Å². The molecule has 0 radical (unpaired) electrons. The van der Waals surface area contributed by atoms with Gasteiger partial charge in [-0.05, 0) is 55.8 Å². The Morgan fingerprint density at radius 3 is 2.42 bits per heavy atom. The average molecular weight is 523 g/mol. The van der Waals surface area contributed by atoms with Crippen LogP contribution in [0.4, 0.5) is 11.4 Å². The maximum Gasteiger partial charge on any atom is 0.234 e. The van der Waals surface area contributed by atoms with Crippen molar-refractivity contribution in [3.63, 3.8) is 0 Å². The molecule has 3 aromatic rings. The fourth-order valence-corrected chi connectivity index (χ4v) is 4.02. The summed E-state index contributed by atoms with van der Waals surface area (Å²) >= 11 is 10.8. The summed E-state index contributed by atoms with van der Waals surface area (Å²) in [5, 5.41) is 15.1. The van der Waals surface area contributed by atoms with Crippen molar-refractivity contribution in [2.45, 2.75) is 32.0 Å². The number of halogens is 2. The van der Waals surface area contributed by atoms with Gasteiger partial charge in [0.25, 0.3) is 0 Å². The Morgan fingerprint density at radius 1 is 1.06 bits per heavy atom. The molecule has 0 fully saturated rings. The normalized spacial score (nSPS) is 10.7. The molecule has 1 heterocycles. The molecule has 0 saturated carbocycles. The minimum Gasteiger partial charge on any atom is -0.326 e. The van der Waals surface area contributed by atoms with E-state index in [2.05, 4.69) is 36.8 Å². The summed E-state index contributed by atoms with van der Waals surface area (Å²) in [6.07, 6.45) is 0.0674. The van der Waals surface area contributed by atoms with Crippen molar-refractivity contribution < 1.29 is 9.59 Å². The molecule has 0 unspecified atom stereocenters. The van der Waals surface area contributed by atoms with E-state index in [0.717, 1.165) is 15.7 Å². The molecule has 10 heteroatoms. The van der Waals surface area contributed by atoms with E-state index in [-0.39, 0.29) is 24.0 Å². The van der Waals surface area contributed by atoms with Gasteiger partial charge in [-0.1, -0.05) is 45.4 Å². The van der Waals surface area contributed by atoms with E-state index in [0.29, 0.717) is 28.2 Å². The molecule has 2 N–H and O–H groups in total. The highest BCUT2D eigenvalue weighted by atomic mass is 79.9. The second kappa shape index (κ2) is 10.8. The van der Waals surface area contributed by atoms with Crippen molar-refractivity contribution in [3.8, 4) is 0 Å². The molecule has 162 valence electrons. The topological polar surface area (TPSA) is 88.9 Å². The number of hydrogen-bond acceptors (Lipinski definition) is 5. The van der Waals surface area contributed by atoms with Crippen molar-refractivity contribution >= 4 is 62.5 Å². The third-order valence-corrected chi connectivity index (χ3v) is 6.25. The van der Waals surface area contributed by atoms with Crippen molar-refractivity contribution in [3.05, 3.63) is 63.3 Å². The van der Waals surface area contributed by atoms with Gasteiger partial charge in [-0.2, -0.15) is 0 Å². The summed E-state index contributed by atoms with van der Waals surface area (Å²) in [6, 6.07) is 12.7. The molecule has 0 spiro atoms. The fraction of sp³-hybridized carbons (Fsp3) is 0.238. The summed E-state index contributed by atoms with van der Waals surface area (Å²) in [5.74, 6) is 0.358. The molecule has 0 aliphatic heterocycles. The Kier molecular flexibility index (Phi) is 8.11. The standard InChI is InChI=1S/C21H21BrClN5O2S/c1-3-28-18(11-19(29)25-16-7-4-13(2)17(23)10-16)26-27-21(28)31-12-20(30)24-15-8-5-14(22)6-9-15/h4-10H,3,11-12H2,1-2H3,(H,24,30)(H,25,29). The van der Waals surface area contributed by atoms with E-state index in [1.807, 2.05) is 48.7 Å². The van der Waals surface area contributed by atoms with E-state index >= 15 is 0 Å². The number of amides is 2. The van der Waals surface area contributed by atoms with Crippen LogP contribution in [0.25, 0.3) is 0 Å². The molecule has 2 amide bonds. The SMILES string of the molecule is CCn1c(CC(=O)Nc2ccc(C)c(Cl)c2)nnc1SCC(=O)Nc1ccc(Br)cc1. The van der Waals surface area contributed by atoms with Crippen molar-refractivity contribution in [2.24, 2.45) is 0 Å². The highest BCUT2D eigenvalue weighted by Gasteiger charge is 2.16. The van der Waals surface area contributed by atoms with E-state index in [4.69, 9.17) is 11.6 Å². The van der Waals surface area contributed by atoms with Gasteiger partial charge in [0.15, 0.2) is 5.16 Å². The lowest BCUT2D eigenvalue weighted by Gasteiger charge is -2.09. The quantitative estimate of drug-likeness (QED) is 0.409. The average Bonchev–Trinajstić information content (AvgIpc) is 3.12. The molecule has 2 aromatic carbocycles. The van der Waals surface area contributed by atoms with E-state index < -0.39 is 0 Å². The van der Waals surface area contributed by atoms with Gasteiger partial charge in [-0.15, -0.1) is 10.2 Å². The van der Waals surface area contributed by atoms with E-state index in [9.17, 15) is 9.59 Å². The first kappa shape index (κ1) is 23.3. The number of carbonyl (C=O) groups is 2. The van der Waals surface area contributed by atoms with Gasteiger partial charge in [0.2, 0.25) is 11.8 Å². The Hall–Kier alpha value is -2.36. The van der Waals surface area contributed by atoms with Gasteiger partial charge in [-0.3, -0.25) is 9.59 Å². The van der Waals surface area contributed by atoms with Crippen LogP contribution >= 0.6 is 39.3 Å². The van der Waals surface area contributed by atoms with Crippen LogP contribution in [0.1, 0.15) is 18.3 Å². The van der Waals surface area contributed by atoms with Crippen LogP contribution in [0.3, 0.4) is 0 Å². The fourth-order valence-electron chi connectivity index (χ4n) is 2.75. The third-order valence-electron chi connectivity index (χ3n) is 4.34. The first-order valence-electron chi connectivity index (χ1n) is 9.52. The molecule has 3 rings (SSSR count). The summed E-state index contributed by atoms with van der Waals surface area (Å²) in [5.41, 5.74) is 2.29. The number of nitrogens with zero attached hydrogens (tertiary/aromatic N) is 3. The van der Waals surface area contributed by atoms with Gasteiger partial charge in [0, 0.05) is 27.4 Å². The van der Waals surface area contributed by atoms with Crippen molar-refractivity contribution in [1.82, 2.24) is 14.8 Å². The zero-order chi connectivity index (χ0) is 22.4. The minimum absolute atomic E-state index is 0.0674. The Labute approximate surface area is 198 Å². The molecule has 1 aromatic heterocycles. The maximum absolute atomic E-state index is 12.4. The van der Waals surface area contributed by atoms with E-state index in [1.165, 1.54) is 11.8 Å². The zero-order valence-corrected chi connectivity index (χ0v) is 20.1. The number of carbonyl (C=O) groups excluding carboxylic acids is 2. The summed E-state index contributed by atoms with van der Waals surface area (Å²) in [4.78, 5) is 24.7. The summed E-state index contributed by atoms with van der Waals surface area (Å²) < 4.78 is 2.78. The van der Waals surface area contributed by atoms with Crippen LogP contribution in [0.5, 0.6) is 0 Å². The van der Waals surface area contributed by atoms with Crippen molar-refractivity contribution in [1.29, 1.82) is 0 Å². The molecule has 0 bridgehead atoms. The largest absolute Gasteiger partial charge is 0.326 e. The van der Waals surface area contributed by atoms with Crippen LogP contribution in [0, 0.1) is 6.92 Å². The highest BCUT2D eigenvalue weighted by molar-refractivity contribution is 9.10. The van der Waals surface area contributed by atoms with Gasteiger partial charge in [0.05, 0.1) is 12.2 Å². The molecule has 31 heavy (non-hydrogen) atoms. The number of nitrogens with one attached hydrogen (secondary N) is 2. The number of anilines is 2. The molecule has 7 nitrogen and oxygen atoms in total. The maximum atomic E-state index is 12.4. The molecule has 0 atom stereocenters. The third kappa shape index (κ3) is 6.56. The number of aryl methyl sites for hydroxylation is 1. The second-order valence-electron chi connectivity index (χ2n) is 6.68. The van der Waals surface area contributed by atoms with Crippen LogP contribution in [-0.2, 0) is 22.6 Å². The first-order valence-corrected chi connectivity index (χ1v) is 11.7. The van der Waals surface area contributed by atoms with Gasteiger partial charge >= 0.3 is 0 Å². The Morgan fingerprint density at radius 2 is 1.74 bits per heavy atom. The smallest absolute Gasteiger partial charge is 0.234 e. The first-order chi connectivity index (χ1) is 14.9. The lowest BCUT2D eigenvalue weighted by Crippen LogP contribution is -2.18. The number of rotatable bonds is 8. The van der Waals surface area contributed by atoms with Crippen LogP contribution in [0.2, 0.25) is 5.02 Å². The predicted octanol–water partition coefficient (Wildman–Crippen LogP) is 4.93. The lowest BCUT2D eigenvalue weighted by atomic mass is 10.2. The van der Waals surface area contributed by atoms with Gasteiger partial charge in [0.1, 0.15) is 5.82 Å². The van der Waals surface area contributed by atoms with Crippen LogP contribution in [0.15, 0.2) is 52.1 Å². The summed E-state index contributed by atoms with van der Waals surface area (Å²) in [7, 11) is 0. The number of hydrogen-bond donors (Lipinski definition) is 2. The monoisotopic (exact) mass is 521 g/mol. The lowest BCUT2D eigenvalue weighted by molar-refractivity contribution is -0.116. The van der Waals surface area contributed by atoms with E-state index in [1.54, 1.807) is 12.1 Å². The van der Waals surface area contributed by atoms with Gasteiger partial charge in [-0.25, -0.2) is 0 Å². The molecule has 0 aliphatic carbocycles. The number of benzene rings is 2. The zero-order valence-electron chi connectivity index (χ0n) is 17.0. The number of aromatic nitrogens is 3. The summed E-state index contributed by atoms with van der Waals surface area (Å²) in [6.45, 7) is 4.43. The number of thioether (sulfide) groups is 1. The Balaban J connectivity index is 1.58.